The Morgan fingerprint density at radius 2 is 1.96 bits per heavy atom. The van der Waals surface area contributed by atoms with E-state index >= 15 is 0 Å². The minimum atomic E-state index is -0.844. The van der Waals surface area contributed by atoms with Crippen LogP contribution >= 0.6 is 0 Å². The molecule has 7 heteroatoms. The van der Waals surface area contributed by atoms with Gasteiger partial charge in [-0.1, -0.05) is 5.92 Å². The third kappa shape index (κ3) is 7.60. The zero-order valence-corrected chi connectivity index (χ0v) is 14.7. The number of aliphatic hydroxyl groups is 1. The molecule has 0 aromatic heterocycles. The van der Waals surface area contributed by atoms with E-state index in [2.05, 4.69) is 16.1 Å². The predicted molar refractivity (Wildman–Crippen MR) is 90.6 cm³/mol. The fourth-order valence-electron chi connectivity index (χ4n) is 2.66. The standard InChI is InChI=1S/C17H30N2O5/c1-4-8-18-17(21)16-15(20)6-5-14(24-16)7-9-19(10-12-22-2)11-13-23-3/h1,14-16,20H,5-13H2,2-3H3,(H,18,21)/t14-,15-,16-/m0/s1. The van der Waals surface area contributed by atoms with Crippen LogP contribution in [0.4, 0.5) is 0 Å². The Bertz CT molecular complexity index is 391. The van der Waals surface area contributed by atoms with Crippen molar-refractivity contribution in [3.63, 3.8) is 0 Å². The number of nitrogens with one attached hydrogen (secondary N) is 1. The molecule has 0 radical (unpaired) electrons. The molecule has 1 fully saturated rings. The third-order valence-electron chi connectivity index (χ3n) is 4.09. The lowest BCUT2D eigenvalue weighted by Gasteiger charge is -2.34. The molecule has 0 aliphatic carbocycles. The topological polar surface area (TPSA) is 80.3 Å². The summed E-state index contributed by atoms with van der Waals surface area (Å²) in [5, 5.41) is 12.6. The van der Waals surface area contributed by atoms with Crippen LogP contribution in [-0.4, -0.2) is 87.8 Å². The van der Waals surface area contributed by atoms with Gasteiger partial charge >= 0.3 is 0 Å². The molecule has 0 aromatic rings. The molecule has 1 aliphatic rings. The second kappa shape index (κ2) is 12.2. The van der Waals surface area contributed by atoms with Crippen molar-refractivity contribution >= 4 is 5.91 Å². The molecule has 1 aliphatic heterocycles. The Labute approximate surface area is 144 Å². The largest absolute Gasteiger partial charge is 0.390 e. The van der Waals surface area contributed by atoms with E-state index in [1.165, 1.54) is 0 Å². The van der Waals surface area contributed by atoms with Crippen molar-refractivity contribution in [1.29, 1.82) is 0 Å². The molecule has 1 rings (SSSR count). The molecule has 1 amide bonds. The Morgan fingerprint density at radius 3 is 2.54 bits per heavy atom. The Hall–Kier alpha value is -1.17. The number of hydrogen-bond donors (Lipinski definition) is 2. The molecule has 0 aromatic carbocycles. The molecule has 7 nitrogen and oxygen atoms in total. The van der Waals surface area contributed by atoms with Gasteiger partial charge in [0.05, 0.1) is 32.0 Å². The van der Waals surface area contributed by atoms with Crippen LogP contribution in [0.1, 0.15) is 19.3 Å². The summed E-state index contributed by atoms with van der Waals surface area (Å²) in [4.78, 5) is 14.2. The van der Waals surface area contributed by atoms with Gasteiger partial charge in [0.2, 0.25) is 0 Å². The maximum atomic E-state index is 12.0. The molecule has 0 unspecified atom stereocenters. The van der Waals surface area contributed by atoms with Crippen LogP contribution in [-0.2, 0) is 19.0 Å². The van der Waals surface area contributed by atoms with Crippen LogP contribution in [0.3, 0.4) is 0 Å². The van der Waals surface area contributed by atoms with Crippen LogP contribution in [0.15, 0.2) is 0 Å². The highest BCUT2D eigenvalue weighted by molar-refractivity contribution is 5.81. The van der Waals surface area contributed by atoms with E-state index in [0.717, 1.165) is 32.5 Å². The second-order valence-corrected chi connectivity index (χ2v) is 5.86. The minimum Gasteiger partial charge on any atom is -0.390 e. The predicted octanol–water partition coefficient (Wildman–Crippen LogP) is -0.371. The van der Waals surface area contributed by atoms with E-state index in [9.17, 15) is 9.90 Å². The third-order valence-corrected chi connectivity index (χ3v) is 4.09. The quantitative estimate of drug-likeness (QED) is 0.499. The van der Waals surface area contributed by atoms with Gasteiger partial charge in [-0.3, -0.25) is 9.69 Å². The number of carbonyl (C=O) groups excluding carboxylic acids is 1. The van der Waals surface area contributed by atoms with Gasteiger partial charge < -0.3 is 24.6 Å². The smallest absolute Gasteiger partial charge is 0.252 e. The van der Waals surface area contributed by atoms with E-state index in [1.54, 1.807) is 14.2 Å². The van der Waals surface area contributed by atoms with Gasteiger partial charge in [-0.15, -0.1) is 6.42 Å². The molecule has 0 saturated carbocycles. The summed E-state index contributed by atoms with van der Waals surface area (Å²) in [6.07, 6.45) is 5.54. The molecule has 1 saturated heterocycles. The summed E-state index contributed by atoms with van der Waals surface area (Å²) >= 11 is 0. The first-order chi connectivity index (χ1) is 11.6. The highest BCUT2D eigenvalue weighted by atomic mass is 16.5. The van der Waals surface area contributed by atoms with E-state index < -0.39 is 12.2 Å². The molecular weight excluding hydrogens is 312 g/mol. The number of rotatable bonds is 11. The number of nitrogens with zero attached hydrogens (tertiary/aromatic N) is 1. The van der Waals surface area contributed by atoms with Gasteiger partial charge in [-0.2, -0.15) is 0 Å². The Morgan fingerprint density at radius 1 is 1.29 bits per heavy atom. The lowest BCUT2D eigenvalue weighted by atomic mass is 9.98. The normalized spacial score (nSPS) is 23.9. The fourth-order valence-corrected chi connectivity index (χ4v) is 2.66. The van der Waals surface area contributed by atoms with Crippen LogP contribution in [0.2, 0.25) is 0 Å². The van der Waals surface area contributed by atoms with Gasteiger partial charge in [0, 0.05) is 33.9 Å². The number of hydrogen-bond acceptors (Lipinski definition) is 6. The lowest BCUT2D eigenvalue weighted by Crippen LogP contribution is -2.49. The zero-order valence-electron chi connectivity index (χ0n) is 14.7. The summed E-state index contributed by atoms with van der Waals surface area (Å²) in [5.74, 6) is 2.00. The van der Waals surface area contributed by atoms with Crippen molar-refractivity contribution in [1.82, 2.24) is 10.2 Å². The van der Waals surface area contributed by atoms with Crippen molar-refractivity contribution in [2.45, 2.75) is 37.6 Å². The lowest BCUT2D eigenvalue weighted by molar-refractivity contribution is -0.158. The number of aliphatic hydroxyl groups excluding tert-OH is 1. The van der Waals surface area contributed by atoms with E-state index in [4.69, 9.17) is 20.6 Å². The summed E-state index contributed by atoms with van der Waals surface area (Å²) < 4.78 is 16.1. The highest BCUT2D eigenvalue weighted by Crippen LogP contribution is 2.22. The van der Waals surface area contributed by atoms with E-state index in [1.807, 2.05) is 0 Å². The average Bonchev–Trinajstić information content (AvgIpc) is 2.60. The van der Waals surface area contributed by atoms with Gasteiger partial charge in [0.25, 0.3) is 5.91 Å². The summed E-state index contributed by atoms with van der Waals surface area (Å²) in [6, 6.07) is 0. The maximum absolute atomic E-state index is 12.0. The van der Waals surface area contributed by atoms with E-state index in [0.29, 0.717) is 19.6 Å². The highest BCUT2D eigenvalue weighted by Gasteiger charge is 2.34. The van der Waals surface area contributed by atoms with Gasteiger partial charge in [0.15, 0.2) is 6.10 Å². The van der Waals surface area contributed by atoms with Crippen LogP contribution in [0.25, 0.3) is 0 Å². The summed E-state index contributed by atoms with van der Waals surface area (Å²) in [7, 11) is 3.36. The fraction of sp³-hybridized carbons (Fsp3) is 0.824. The summed E-state index contributed by atoms with van der Waals surface area (Å²) in [6.45, 7) is 3.92. The van der Waals surface area contributed by atoms with Crippen molar-refractivity contribution < 1.29 is 24.1 Å². The first kappa shape index (κ1) is 20.9. The second-order valence-electron chi connectivity index (χ2n) is 5.86. The molecule has 2 N–H and O–H groups in total. The first-order valence-corrected chi connectivity index (χ1v) is 8.37. The number of methoxy groups -OCH3 is 2. The number of amides is 1. The number of terminal acetylenes is 1. The molecule has 3 atom stereocenters. The molecule has 138 valence electrons. The zero-order chi connectivity index (χ0) is 17.8. The molecule has 1 heterocycles. The maximum Gasteiger partial charge on any atom is 0.252 e. The van der Waals surface area contributed by atoms with Crippen LogP contribution < -0.4 is 5.32 Å². The SMILES string of the molecule is C#CCNC(=O)[C@H]1O[C@H](CCN(CCOC)CCOC)CC[C@@H]1O. The van der Waals surface area contributed by atoms with Crippen molar-refractivity contribution in [3.8, 4) is 12.3 Å². The Kier molecular flexibility index (Phi) is 10.6. The van der Waals surface area contributed by atoms with Crippen molar-refractivity contribution in [2.24, 2.45) is 0 Å². The van der Waals surface area contributed by atoms with Crippen LogP contribution in [0, 0.1) is 12.3 Å². The first-order valence-electron chi connectivity index (χ1n) is 8.37. The number of ether oxygens (including phenoxy) is 3. The average molecular weight is 342 g/mol. The molecular formula is C17H30N2O5. The van der Waals surface area contributed by atoms with Crippen molar-refractivity contribution in [2.75, 3.05) is 53.6 Å². The minimum absolute atomic E-state index is 0.0532. The van der Waals surface area contributed by atoms with Gasteiger partial charge in [-0.25, -0.2) is 0 Å². The molecule has 0 spiro atoms. The molecule has 0 bridgehead atoms. The van der Waals surface area contributed by atoms with Gasteiger partial charge in [-0.05, 0) is 19.3 Å². The number of carbonyl (C=O) groups is 1. The van der Waals surface area contributed by atoms with Gasteiger partial charge in [0.1, 0.15) is 0 Å². The Balaban J connectivity index is 2.45. The van der Waals surface area contributed by atoms with Crippen molar-refractivity contribution in [3.05, 3.63) is 0 Å². The van der Waals surface area contributed by atoms with E-state index in [-0.39, 0.29) is 18.6 Å². The van der Waals surface area contributed by atoms with Crippen LogP contribution in [0.5, 0.6) is 0 Å². The summed E-state index contributed by atoms with van der Waals surface area (Å²) in [5.41, 5.74) is 0. The monoisotopic (exact) mass is 342 g/mol. The molecule has 24 heavy (non-hydrogen) atoms.